The fourth-order valence-corrected chi connectivity index (χ4v) is 1.80. The minimum atomic E-state index is -0.421. The highest BCUT2D eigenvalue weighted by Crippen LogP contribution is 2.26. The molecular weight excluding hydrogens is 256 g/mol. The van der Waals surface area contributed by atoms with E-state index in [2.05, 4.69) is 5.32 Å². The van der Waals surface area contributed by atoms with Crippen molar-refractivity contribution in [2.24, 2.45) is 0 Å². The molecule has 104 valence electrons. The number of phenols is 1. The Morgan fingerprint density at radius 3 is 2.75 bits per heavy atom. The maximum Gasteiger partial charge on any atom is 0.259 e. The Bertz CT molecular complexity index is 654. The van der Waals surface area contributed by atoms with E-state index in [4.69, 9.17) is 10.5 Å². The SMILES string of the molecule is COc1ccc(O)c(C(=O)Nc2cccc(N)c2C)c1. The van der Waals surface area contributed by atoms with Gasteiger partial charge in [-0.3, -0.25) is 4.79 Å². The van der Waals surface area contributed by atoms with Crippen molar-refractivity contribution in [3.63, 3.8) is 0 Å². The average Bonchev–Trinajstić information content (AvgIpc) is 2.44. The molecule has 5 nitrogen and oxygen atoms in total. The van der Waals surface area contributed by atoms with Crippen LogP contribution >= 0.6 is 0 Å². The van der Waals surface area contributed by atoms with Gasteiger partial charge in [0.1, 0.15) is 11.5 Å². The lowest BCUT2D eigenvalue weighted by Gasteiger charge is -2.11. The predicted molar refractivity (Wildman–Crippen MR) is 78.2 cm³/mol. The lowest BCUT2D eigenvalue weighted by atomic mass is 10.1. The van der Waals surface area contributed by atoms with Gasteiger partial charge in [0.15, 0.2) is 0 Å². The summed E-state index contributed by atoms with van der Waals surface area (Å²) in [6.45, 7) is 1.82. The molecular formula is C15H16N2O3. The molecule has 2 aromatic rings. The predicted octanol–water partition coefficient (Wildman–Crippen LogP) is 2.54. The van der Waals surface area contributed by atoms with Gasteiger partial charge in [-0.05, 0) is 42.8 Å². The van der Waals surface area contributed by atoms with E-state index in [0.29, 0.717) is 17.1 Å². The number of methoxy groups -OCH3 is 1. The van der Waals surface area contributed by atoms with Crippen molar-refractivity contribution in [1.82, 2.24) is 0 Å². The fourth-order valence-electron chi connectivity index (χ4n) is 1.80. The summed E-state index contributed by atoms with van der Waals surface area (Å²) in [5, 5.41) is 12.5. The third kappa shape index (κ3) is 2.66. The average molecular weight is 272 g/mol. The zero-order chi connectivity index (χ0) is 14.7. The second kappa shape index (κ2) is 5.52. The summed E-state index contributed by atoms with van der Waals surface area (Å²) < 4.78 is 5.04. The van der Waals surface area contributed by atoms with Crippen LogP contribution in [-0.4, -0.2) is 18.1 Å². The molecule has 0 aromatic heterocycles. The van der Waals surface area contributed by atoms with Crippen molar-refractivity contribution in [3.8, 4) is 11.5 Å². The van der Waals surface area contributed by atoms with E-state index in [1.54, 1.807) is 24.3 Å². The van der Waals surface area contributed by atoms with Gasteiger partial charge in [0.2, 0.25) is 0 Å². The quantitative estimate of drug-likeness (QED) is 0.750. The molecule has 0 saturated heterocycles. The summed E-state index contributed by atoms with van der Waals surface area (Å²) in [4.78, 5) is 12.2. The second-order valence-corrected chi connectivity index (χ2v) is 4.36. The molecule has 0 spiro atoms. The van der Waals surface area contributed by atoms with Crippen LogP contribution in [0.2, 0.25) is 0 Å². The maximum atomic E-state index is 12.2. The van der Waals surface area contributed by atoms with Gasteiger partial charge in [-0.2, -0.15) is 0 Å². The van der Waals surface area contributed by atoms with Crippen LogP contribution in [0.5, 0.6) is 11.5 Å². The number of carbonyl (C=O) groups is 1. The topological polar surface area (TPSA) is 84.6 Å². The number of anilines is 2. The van der Waals surface area contributed by atoms with Crippen LogP contribution in [0.25, 0.3) is 0 Å². The van der Waals surface area contributed by atoms with Gasteiger partial charge < -0.3 is 20.9 Å². The van der Waals surface area contributed by atoms with Crippen molar-refractivity contribution in [1.29, 1.82) is 0 Å². The number of carbonyl (C=O) groups excluding carboxylic acids is 1. The minimum Gasteiger partial charge on any atom is -0.507 e. The zero-order valence-electron chi connectivity index (χ0n) is 11.3. The summed E-state index contributed by atoms with van der Waals surface area (Å²) in [5.74, 6) is -0.0304. The van der Waals surface area contributed by atoms with Crippen LogP contribution < -0.4 is 15.8 Å². The van der Waals surface area contributed by atoms with Crippen LogP contribution in [0, 0.1) is 6.92 Å². The molecule has 0 saturated carbocycles. The molecule has 0 aliphatic rings. The summed E-state index contributed by atoms with van der Waals surface area (Å²) >= 11 is 0. The summed E-state index contributed by atoms with van der Waals surface area (Å²) in [7, 11) is 1.50. The molecule has 0 bridgehead atoms. The van der Waals surface area contributed by atoms with E-state index >= 15 is 0 Å². The summed E-state index contributed by atoms with van der Waals surface area (Å²) in [6.07, 6.45) is 0. The van der Waals surface area contributed by atoms with Crippen molar-refractivity contribution >= 4 is 17.3 Å². The number of ether oxygens (including phenoxy) is 1. The Morgan fingerprint density at radius 1 is 1.30 bits per heavy atom. The third-order valence-electron chi connectivity index (χ3n) is 3.07. The van der Waals surface area contributed by atoms with Crippen molar-refractivity contribution in [2.45, 2.75) is 6.92 Å². The number of rotatable bonds is 3. The number of nitrogens with two attached hydrogens (primary N) is 1. The standard InChI is InChI=1S/C15H16N2O3/c1-9-12(16)4-3-5-13(9)17-15(19)11-8-10(20-2)6-7-14(11)18/h3-8,18H,16H2,1-2H3,(H,17,19). The number of hydrogen-bond donors (Lipinski definition) is 3. The molecule has 0 fully saturated rings. The Labute approximate surface area is 117 Å². The second-order valence-electron chi connectivity index (χ2n) is 4.36. The van der Waals surface area contributed by atoms with Gasteiger partial charge >= 0.3 is 0 Å². The first-order valence-corrected chi connectivity index (χ1v) is 6.06. The van der Waals surface area contributed by atoms with E-state index in [1.807, 2.05) is 6.92 Å². The van der Waals surface area contributed by atoms with Gasteiger partial charge in [-0.15, -0.1) is 0 Å². The highest BCUT2D eigenvalue weighted by Gasteiger charge is 2.14. The van der Waals surface area contributed by atoms with Gasteiger partial charge in [0.25, 0.3) is 5.91 Å². The van der Waals surface area contributed by atoms with Gasteiger partial charge in [-0.25, -0.2) is 0 Å². The maximum absolute atomic E-state index is 12.2. The fraction of sp³-hybridized carbons (Fsp3) is 0.133. The van der Waals surface area contributed by atoms with E-state index in [1.165, 1.54) is 19.2 Å². The number of nitrogens with one attached hydrogen (secondary N) is 1. The molecule has 4 N–H and O–H groups in total. The molecule has 2 aromatic carbocycles. The van der Waals surface area contributed by atoms with Crippen LogP contribution in [-0.2, 0) is 0 Å². The summed E-state index contributed by atoms with van der Waals surface area (Å²) in [6, 6.07) is 9.74. The van der Waals surface area contributed by atoms with Crippen LogP contribution in [0.1, 0.15) is 15.9 Å². The molecule has 5 heteroatoms. The smallest absolute Gasteiger partial charge is 0.259 e. The summed E-state index contributed by atoms with van der Waals surface area (Å²) in [5.41, 5.74) is 7.92. The first-order valence-electron chi connectivity index (χ1n) is 6.06. The highest BCUT2D eigenvalue weighted by atomic mass is 16.5. The van der Waals surface area contributed by atoms with Crippen LogP contribution in [0.3, 0.4) is 0 Å². The van der Waals surface area contributed by atoms with Gasteiger partial charge in [0.05, 0.1) is 12.7 Å². The molecule has 0 heterocycles. The van der Waals surface area contributed by atoms with Crippen molar-refractivity contribution in [3.05, 3.63) is 47.5 Å². The first-order chi connectivity index (χ1) is 9.52. The van der Waals surface area contributed by atoms with Crippen LogP contribution in [0.4, 0.5) is 11.4 Å². The molecule has 0 unspecified atom stereocenters. The Balaban J connectivity index is 2.30. The van der Waals surface area contributed by atoms with E-state index in [-0.39, 0.29) is 11.3 Å². The number of phenolic OH excluding ortho intramolecular Hbond substituents is 1. The monoisotopic (exact) mass is 272 g/mol. The molecule has 1 amide bonds. The molecule has 0 aliphatic carbocycles. The van der Waals surface area contributed by atoms with Gasteiger partial charge in [-0.1, -0.05) is 6.07 Å². The van der Waals surface area contributed by atoms with E-state index in [0.717, 1.165) is 5.56 Å². The van der Waals surface area contributed by atoms with Crippen molar-refractivity contribution in [2.75, 3.05) is 18.2 Å². The van der Waals surface area contributed by atoms with Crippen molar-refractivity contribution < 1.29 is 14.6 Å². The number of benzene rings is 2. The molecule has 20 heavy (non-hydrogen) atoms. The van der Waals surface area contributed by atoms with E-state index in [9.17, 15) is 9.90 Å². The Kier molecular flexibility index (Phi) is 3.79. The molecule has 0 atom stereocenters. The number of hydrogen-bond acceptors (Lipinski definition) is 4. The molecule has 0 radical (unpaired) electrons. The number of aromatic hydroxyl groups is 1. The first kappa shape index (κ1) is 13.7. The Hall–Kier alpha value is -2.69. The highest BCUT2D eigenvalue weighted by molar-refractivity contribution is 6.07. The van der Waals surface area contributed by atoms with Gasteiger partial charge in [0, 0.05) is 11.4 Å². The molecule has 0 aliphatic heterocycles. The Morgan fingerprint density at radius 2 is 2.05 bits per heavy atom. The lowest BCUT2D eigenvalue weighted by Crippen LogP contribution is -2.13. The number of amides is 1. The minimum absolute atomic E-state index is 0.107. The lowest BCUT2D eigenvalue weighted by molar-refractivity contribution is 0.102. The largest absolute Gasteiger partial charge is 0.507 e. The third-order valence-corrected chi connectivity index (χ3v) is 3.07. The van der Waals surface area contributed by atoms with Crippen LogP contribution in [0.15, 0.2) is 36.4 Å². The molecule has 2 rings (SSSR count). The normalized spacial score (nSPS) is 10.1. The zero-order valence-corrected chi connectivity index (χ0v) is 11.3. The number of nitrogen functional groups attached to an aromatic ring is 1. The van der Waals surface area contributed by atoms with E-state index < -0.39 is 5.91 Å².